The molecule has 0 spiro atoms. The lowest BCUT2D eigenvalue weighted by molar-refractivity contribution is -0.00597. The van der Waals surface area contributed by atoms with Crippen LogP contribution in [0.1, 0.15) is 31.4 Å². The quantitative estimate of drug-likeness (QED) is 0.863. The van der Waals surface area contributed by atoms with Crippen LogP contribution < -0.4 is 5.32 Å². The number of carbonyl (C=O) groups is 1. The molecule has 7 heteroatoms. The average Bonchev–Trinajstić information content (AvgIpc) is 2.53. The van der Waals surface area contributed by atoms with Gasteiger partial charge in [0, 0.05) is 23.7 Å². The summed E-state index contributed by atoms with van der Waals surface area (Å²) in [6, 6.07) is 3.65. The Kier molecular flexibility index (Phi) is 6.62. The molecular formula is C16H22ClFN2O3. The smallest absolute Gasteiger partial charge is 0.317 e. The van der Waals surface area contributed by atoms with E-state index in [0.717, 1.165) is 12.8 Å². The van der Waals surface area contributed by atoms with E-state index in [0.29, 0.717) is 18.1 Å². The first-order chi connectivity index (χ1) is 11.0. The molecule has 1 aliphatic rings. The summed E-state index contributed by atoms with van der Waals surface area (Å²) < 4.78 is 19.4. The summed E-state index contributed by atoms with van der Waals surface area (Å²) in [5.41, 5.74) is 0.285. The third-order valence-corrected chi connectivity index (χ3v) is 4.21. The standard InChI is InChI=1S/C16H22ClFN2O3/c1-11(15-13(17)5-2-6-14(15)18)19-16(22)20-7-3-4-12(10-20)23-9-8-21/h2,5-6,11-12,21H,3-4,7-10H2,1H3,(H,19,22)/t11-,12-/m0/s1. The van der Waals surface area contributed by atoms with Crippen LogP contribution in [0.2, 0.25) is 5.02 Å². The molecular weight excluding hydrogens is 323 g/mol. The Labute approximate surface area is 140 Å². The molecule has 2 atom stereocenters. The molecule has 1 fully saturated rings. The van der Waals surface area contributed by atoms with Crippen molar-refractivity contribution in [2.75, 3.05) is 26.3 Å². The van der Waals surface area contributed by atoms with Gasteiger partial charge < -0.3 is 20.1 Å². The van der Waals surface area contributed by atoms with E-state index in [1.54, 1.807) is 17.9 Å². The molecule has 5 nitrogen and oxygen atoms in total. The van der Waals surface area contributed by atoms with Crippen LogP contribution in [0.15, 0.2) is 18.2 Å². The van der Waals surface area contributed by atoms with Gasteiger partial charge in [0.15, 0.2) is 0 Å². The summed E-state index contributed by atoms with van der Waals surface area (Å²) in [5, 5.41) is 11.9. The number of urea groups is 1. The van der Waals surface area contributed by atoms with Crippen LogP contribution in [0.5, 0.6) is 0 Å². The van der Waals surface area contributed by atoms with E-state index in [2.05, 4.69) is 5.32 Å². The lowest BCUT2D eigenvalue weighted by atomic mass is 10.1. The number of amides is 2. The molecule has 0 radical (unpaired) electrons. The average molecular weight is 345 g/mol. The Bertz CT molecular complexity index is 524. The van der Waals surface area contributed by atoms with E-state index < -0.39 is 11.9 Å². The molecule has 2 amide bonds. The van der Waals surface area contributed by atoms with Gasteiger partial charge in [-0.2, -0.15) is 0 Å². The fourth-order valence-corrected chi connectivity index (χ4v) is 3.08. The van der Waals surface area contributed by atoms with Gasteiger partial charge in [0.1, 0.15) is 5.82 Å². The largest absolute Gasteiger partial charge is 0.394 e. The van der Waals surface area contributed by atoms with Gasteiger partial charge in [0.05, 0.1) is 25.4 Å². The molecule has 0 aromatic heterocycles. The second-order valence-corrected chi connectivity index (χ2v) is 6.02. The summed E-state index contributed by atoms with van der Waals surface area (Å²) in [4.78, 5) is 14.0. The maximum Gasteiger partial charge on any atom is 0.317 e. The summed E-state index contributed by atoms with van der Waals surface area (Å²) in [6.07, 6.45) is 1.62. The monoisotopic (exact) mass is 344 g/mol. The summed E-state index contributed by atoms with van der Waals surface area (Å²) in [5.74, 6) is -0.437. The van der Waals surface area contributed by atoms with Crippen LogP contribution in [0.25, 0.3) is 0 Å². The molecule has 1 heterocycles. The predicted octanol–water partition coefficient (Wildman–Crippen LogP) is 2.72. The number of likely N-dealkylation sites (tertiary alicyclic amines) is 1. The van der Waals surface area contributed by atoms with E-state index in [1.165, 1.54) is 12.1 Å². The fourth-order valence-electron chi connectivity index (χ4n) is 2.75. The van der Waals surface area contributed by atoms with Gasteiger partial charge in [-0.25, -0.2) is 9.18 Å². The lowest BCUT2D eigenvalue weighted by Gasteiger charge is -2.33. The first-order valence-electron chi connectivity index (χ1n) is 7.74. The number of aliphatic hydroxyl groups is 1. The highest BCUT2D eigenvalue weighted by atomic mass is 35.5. The molecule has 0 bridgehead atoms. The first kappa shape index (κ1) is 18.0. The van der Waals surface area contributed by atoms with E-state index in [9.17, 15) is 9.18 Å². The second-order valence-electron chi connectivity index (χ2n) is 5.61. The summed E-state index contributed by atoms with van der Waals surface area (Å²) >= 11 is 6.03. The highest BCUT2D eigenvalue weighted by Crippen LogP contribution is 2.26. The zero-order valence-corrected chi connectivity index (χ0v) is 13.9. The molecule has 128 valence electrons. The Morgan fingerprint density at radius 1 is 1.61 bits per heavy atom. The number of hydrogen-bond donors (Lipinski definition) is 2. The minimum atomic E-state index is -0.532. The van der Waals surface area contributed by atoms with Crippen LogP contribution in [-0.4, -0.2) is 48.4 Å². The zero-order chi connectivity index (χ0) is 16.8. The van der Waals surface area contributed by atoms with Crippen LogP contribution in [0.3, 0.4) is 0 Å². The van der Waals surface area contributed by atoms with Gasteiger partial charge in [-0.1, -0.05) is 17.7 Å². The van der Waals surface area contributed by atoms with Crippen LogP contribution in [0.4, 0.5) is 9.18 Å². The molecule has 1 aromatic carbocycles. The van der Waals surface area contributed by atoms with Gasteiger partial charge >= 0.3 is 6.03 Å². The van der Waals surface area contributed by atoms with E-state index >= 15 is 0 Å². The number of benzene rings is 1. The number of carbonyl (C=O) groups excluding carboxylic acids is 1. The first-order valence-corrected chi connectivity index (χ1v) is 8.12. The van der Waals surface area contributed by atoms with Gasteiger partial charge in [-0.05, 0) is 31.9 Å². The molecule has 23 heavy (non-hydrogen) atoms. The third-order valence-electron chi connectivity index (χ3n) is 3.88. The number of aliphatic hydroxyl groups excluding tert-OH is 1. The topological polar surface area (TPSA) is 61.8 Å². The molecule has 1 saturated heterocycles. The highest BCUT2D eigenvalue weighted by Gasteiger charge is 2.26. The molecule has 0 aliphatic carbocycles. The lowest BCUT2D eigenvalue weighted by Crippen LogP contribution is -2.48. The number of halogens is 2. The SMILES string of the molecule is C[C@H](NC(=O)N1CCC[C@H](OCCO)C1)c1c(F)cccc1Cl. The highest BCUT2D eigenvalue weighted by molar-refractivity contribution is 6.31. The van der Waals surface area contributed by atoms with Crippen molar-refractivity contribution in [3.8, 4) is 0 Å². The normalized spacial score (nSPS) is 19.5. The van der Waals surface area contributed by atoms with Gasteiger partial charge in [-0.3, -0.25) is 0 Å². The van der Waals surface area contributed by atoms with E-state index in [4.69, 9.17) is 21.4 Å². The van der Waals surface area contributed by atoms with Crippen LogP contribution in [-0.2, 0) is 4.74 Å². The Morgan fingerprint density at radius 3 is 3.09 bits per heavy atom. The number of nitrogens with zero attached hydrogens (tertiary/aromatic N) is 1. The van der Waals surface area contributed by atoms with Crippen molar-refractivity contribution >= 4 is 17.6 Å². The van der Waals surface area contributed by atoms with Crippen molar-refractivity contribution in [1.82, 2.24) is 10.2 Å². The fraction of sp³-hybridized carbons (Fsp3) is 0.562. The number of ether oxygens (including phenoxy) is 1. The van der Waals surface area contributed by atoms with Gasteiger partial charge in [0.25, 0.3) is 0 Å². The maximum atomic E-state index is 13.9. The minimum absolute atomic E-state index is 0.0362. The van der Waals surface area contributed by atoms with Crippen molar-refractivity contribution in [3.63, 3.8) is 0 Å². The Balaban J connectivity index is 1.95. The number of nitrogens with one attached hydrogen (secondary N) is 1. The van der Waals surface area contributed by atoms with Gasteiger partial charge in [0.2, 0.25) is 0 Å². The molecule has 2 N–H and O–H groups in total. The van der Waals surface area contributed by atoms with E-state index in [1.807, 2.05) is 0 Å². The Hall–Kier alpha value is -1.37. The van der Waals surface area contributed by atoms with Crippen molar-refractivity contribution in [2.45, 2.75) is 31.9 Å². The minimum Gasteiger partial charge on any atom is -0.394 e. The van der Waals surface area contributed by atoms with Crippen LogP contribution in [0, 0.1) is 5.82 Å². The molecule has 2 rings (SSSR count). The summed E-state index contributed by atoms with van der Waals surface area (Å²) in [7, 11) is 0. The van der Waals surface area contributed by atoms with Crippen molar-refractivity contribution in [3.05, 3.63) is 34.6 Å². The van der Waals surface area contributed by atoms with Crippen LogP contribution >= 0.6 is 11.6 Å². The third kappa shape index (κ3) is 4.80. The van der Waals surface area contributed by atoms with Crippen molar-refractivity contribution < 1.29 is 19.0 Å². The predicted molar refractivity (Wildman–Crippen MR) is 86.0 cm³/mol. The number of rotatable bonds is 5. The number of hydrogen-bond acceptors (Lipinski definition) is 3. The second kappa shape index (κ2) is 8.47. The maximum absolute atomic E-state index is 13.9. The summed E-state index contributed by atoms with van der Waals surface area (Å²) in [6.45, 7) is 3.02. The molecule has 1 aromatic rings. The molecule has 0 unspecified atom stereocenters. The number of piperidine rings is 1. The zero-order valence-electron chi connectivity index (χ0n) is 13.1. The Morgan fingerprint density at radius 2 is 2.39 bits per heavy atom. The van der Waals surface area contributed by atoms with Crippen molar-refractivity contribution in [2.24, 2.45) is 0 Å². The van der Waals surface area contributed by atoms with Gasteiger partial charge in [-0.15, -0.1) is 0 Å². The molecule has 1 aliphatic heterocycles. The molecule has 0 saturated carbocycles. The van der Waals surface area contributed by atoms with Crippen molar-refractivity contribution in [1.29, 1.82) is 0 Å². The van der Waals surface area contributed by atoms with E-state index in [-0.39, 0.29) is 30.9 Å².